The molecule has 0 unspecified atom stereocenters. The molecule has 2 fully saturated rings. The molecule has 3 aromatic rings. The van der Waals surface area contributed by atoms with E-state index in [9.17, 15) is 14.7 Å². The van der Waals surface area contributed by atoms with Crippen molar-refractivity contribution in [2.24, 2.45) is 11.8 Å². The molecule has 0 saturated carbocycles. The molecular weight excluding hydrogens is 466 g/mol. The summed E-state index contributed by atoms with van der Waals surface area (Å²) in [6.07, 6.45) is 2.97. The molecule has 2 aromatic carbocycles. The van der Waals surface area contributed by atoms with Crippen LogP contribution in [-0.4, -0.2) is 74.6 Å². The lowest BCUT2D eigenvalue weighted by atomic mass is 9.77. The summed E-state index contributed by atoms with van der Waals surface area (Å²) in [5.74, 6) is -1.37. The topological polar surface area (TPSA) is 129 Å². The van der Waals surface area contributed by atoms with E-state index in [2.05, 4.69) is 15.5 Å². The van der Waals surface area contributed by atoms with E-state index < -0.39 is 35.6 Å². The Hall–Kier alpha value is -4.25. The lowest BCUT2D eigenvalue weighted by molar-refractivity contribution is -0.148. The summed E-state index contributed by atoms with van der Waals surface area (Å²) < 4.78 is 18.2. The van der Waals surface area contributed by atoms with Crippen LogP contribution in [0.4, 0.5) is 0 Å². The van der Waals surface area contributed by atoms with E-state index in [-0.39, 0.29) is 12.5 Å². The molecule has 3 aliphatic rings. The number of rotatable bonds is 7. The van der Waals surface area contributed by atoms with Crippen LogP contribution in [0.1, 0.15) is 17.4 Å². The Labute approximate surface area is 205 Å². The lowest BCUT2D eigenvalue weighted by Gasteiger charge is -2.29. The maximum absolute atomic E-state index is 13.9. The molecule has 6 rings (SSSR count). The number of likely N-dealkylation sites (tertiary alicyclic amines) is 1. The Balaban J connectivity index is 1.46. The minimum Gasteiger partial charge on any atom is -0.497 e. The first-order valence-corrected chi connectivity index (χ1v) is 11.4. The molecule has 0 aliphatic carbocycles. The number of carboxylic acids is 1. The maximum Gasteiger partial charge on any atom is 0.310 e. The smallest absolute Gasteiger partial charge is 0.310 e. The second-order valence-corrected chi connectivity index (χ2v) is 9.03. The van der Waals surface area contributed by atoms with Crippen LogP contribution in [0.15, 0.2) is 60.7 Å². The van der Waals surface area contributed by atoms with Crippen LogP contribution in [0.5, 0.6) is 11.5 Å². The third kappa shape index (κ3) is 3.19. The van der Waals surface area contributed by atoms with E-state index in [0.29, 0.717) is 23.0 Å². The maximum atomic E-state index is 13.9. The molecule has 1 aromatic heterocycles. The van der Waals surface area contributed by atoms with Gasteiger partial charge in [0.25, 0.3) is 0 Å². The minimum atomic E-state index is -1.05. The molecule has 1 amide bonds. The van der Waals surface area contributed by atoms with Gasteiger partial charge in [-0.05, 0) is 52.4 Å². The number of amides is 1. The van der Waals surface area contributed by atoms with Gasteiger partial charge < -0.3 is 24.2 Å². The second kappa shape index (κ2) is 8.16. The zero-order valence-corrected chi connectivity index (χ0v) is 19.5. The zero-order chi connectivity index (χ0) is 25.0. The second-order valence-electron chi connectivity index (χ2n) is 9.03. The highest BCUT2D eigenvalue weighted by atomic mass is 16.5. The highest BCUT2D eigenvalue weighted by Crippen LogP contribution is 2.53. The van der Waals surface area contributed by atoms with Gasteiger partial charge in [0.05, 0.1) is 38.5 Å². The summed E-state index contributed by atoms with van der Waals surface area (Å²) >= 11 is 0. The molecule has 184 valence electrons. The van der Waals surface area contributed by atoms with Gasteiger partial charge in [-0.2, -0.15) is 4.68 Å². The molecule has 2 bridgehead atoms. The van der Waals surface area contributed by atoms with Crippen molar-refractivity contribution < 1.29 is 28.9 Å². The van der Waals surface area contributed by atoms with Crippen molar-refractivity contribution >= 4 is 11.9 Å². The molecule has 11 nitrogen and oxygen atoms in total. The first-order valence-electron chi connectivity index (χ1n) is 11.4. The van der Waals surface area contributed by atoms with Crippen LogP contribution in [-0.2, 0) is 14.3 Å². The number of carbonyl (C=O) groups excluding carboxylic acids is 1. The van der Waals surface area contributed by atoms with E-state index in [1.165, 1.54) is 0 Å². The van der Waals surface area contributed by atoms with Crippen LogP contribution in [0.2, 0.25) is 0 Å². The average molecular weight is 489 g/mol. The molecule has 4 heterocycles. The summed E-state index contributed by atoms with van der Waals surface area (Å²) in [5.41, 5.74) is 0.434. The fourth-order valence-electron chi connectivity index (χ4n) is 5.56. The molecule has 11 heteroatoms. The average Bonchev–Trinajstić information content (AvgIpc) is 3.67. The highest BCUT2D eigenvalue weighted by Gasteiger charge is 2.68. The van der Waals surface area contributed by atoms with Gasteiger partial charge in [-0.1, -0.05) is 24.3 Å². The zero-order valence-electron chi connectivity index (χ0n) is 19.5. The van der Waals surface area contributed by atoms with Crippen molar-refractivity contribution in [2.75, 3.05) is 20.8 Å². The highest BCUT2D eigenvalue weighted by molar-refractivity contribution is 5.91. The predicted molar refractivity (Wildman–Crippen MR) is 124 cm³/mol. The van der Waals surface area contributed by atoms with Gasteiger partial charge in [-0.25, -0.2) is 0 Å². The van der Waals surface area contributed by atoms with E-state index in [4.69, 9.17) is 14.2 Å². The number of aliphatic carboxylic acids is 1. The number of aromatic nitrogens is 4. The number of nitrogens with zero attached hydrogens (tertiary/aromatic N) is 5. The van der Waals surface area contributed by atoms with Crippen molar-refractivity contribution in [3.63, 3.8) is 0 Å². The largest absolute Gasteiger partial charge is 0.497 e. The number of tetrazole rings is 1. The molecule has 1 N–H and O–H groups in total. The van der Waals surface area contributed by atoms with E-state index in [1.54, 1.807) is 54.1 Å². The van der Waals surface area contributed by atoms with Crippen LogP contribution >= 0.6 is 0 Å². The van der Waals surface area contributed by atoms with E-state index >= 15 is 0 Å². The van der Waals surface area contributed by atoms with Crippen LogP contribution in [0, 0.1) is 11.8 Å². The summed E-state index contributed by atoms with van der Waals surface area (Å²) in [6.45, 7) is 0.180. The minimum absolute atomic E-state index is 0.180. The first-order chi connectivity index (χ1) is 17.5. The standard InChI is InChI=1S/C25H23N5O6/c1-34-16-7-3-14(4-8-16)21(22-26-27-28-30(22)15-5-9-17(35-2)10-6-15)29-13-25-12-11-18(36-25)19(24(32)33)20(25)23(29)31/h3-12,18-21H,13H2,1-2H3,(H,32,33)/t18-,19+,20-,21+,25+/m1/s1. The van der Waals surface area contributed by atoms with Crippen molar-refractivity contribution in [3.8, 4) is 17.2 Å². The van der Waals surface area contributed by atoms with E-state index in [0.717, 1.165) is 5.56 Å². The van der Waals surface area contributed by atoms with Gasteiger partial charge >= 0.3 is 5.97 Å². The van der Waals surface area contributed by atoms with Gasteiger partial charge in [0.2, 0.25) is 5.91 Å². The van der Waals surface area contributed by atoms with Crippen LogP contribution in [0.3, 0.4) is 0 Å². The van der Waals surface area contributed by atoms with Crippen molar-refractivity contribution in [1.82, 2.24) is 25.1 Å². The molecule has 0 radical (unpaired) electrons. The fraction of sp³-hybridized carbons (Fsp3) is 0.320. The Morgan fingerprint density at radius 3 is 2.42 bits per heavy atom. The summed E-state index contributed by atoms with van der Waals surface area (Å²) in [5, 5.41) is 22.3. The third-order valence-corrected chi connectivity index (χ3v) is 7.21. The molecular formula is C25H23N5O6. The molecule has 5 atom stereocenters. The number of benzene rings is 2. The third-order valence-electron chi connectivity index (χ3n) is 7.21. The SMILES string of the molecule is COc1ccc([C@@H](c2nnnn2-c2ccc(OC)cc2)N2C[C@]34C=C[C@@H](O3)[C@H](C(=O)O)[C@@H]4C2=O)cc1. The Bertz CT molecular complexity index is 1350. The van der Waals surface area contributed by atoms with Crippen LogP contribution < -0.4 is 9.47 Å². The Morgan fingerprint density at radius 1 is 1.11 bits per heavy atom. The van der Waals surface area contributed by atoms with Gasteiger partial charge in [-0.15, -0.1) is 5.10 Å². The van der Waals surface area contributed by atoms with Gasteiger partial charge in [0, 0.05) is 0 Å². The number of fused-ring (bicyclic) bond motifs is 1. The number of ether oxygens (including phenoxy) is 3. The Kier molecular flexibility index (Phi) is 5.04. The number of methoxy groups -OCH3 is 2. The first kappa shape index (κ1) is 22.2. The predicted octanol–water partition coefficient (Wildman–Crippen LogP) is 1.64. The molecule has 3 aliphatic heterocycles. The van der Waals surface area contributed by atoms with Crippen molar-refractivity contribution in [3.05, 3.63) is 72.1 Å². The van der Waals surface area contributed by atoms with Gasteiger partial charge in [0.15, 0.2) is 5.82 Å². The number of carboxylic acid groups (broad SMARTS) is 1. The van der Waals surface area contributed by atoms with Crippen molar-refractivity contribution in [1.29, 1.82) is 0 Å². The number of hydrogen-bond acceptors (Lipinski definition) is 8. The monoisotopic (exact) mass is 489 g/mol. The quantitative estimate of drug-likeness (QED) is 0.492. The summed E-state index contributed by atoms with van der Waals surface area (Å²) in [7, 11) is 3.16. The number of hydrogen-bond donors (Lipinski definition) is 1. The fourth-order valence-corrected chi connectivity index (χ4v) is 5.56. The lowest BCUT2D eigenvalue weighted by Crippen LogP contribution is -2.39. The van der Waals surface area contributed by atoms with Gasteiger partial charge in [-0.3, -0.25) is 9.59 Å². The molecule has 36 heavy (non-hydrogen) atoms. The number of carbonyl (C=O) groups is 2. The summed E-state index contributed by atoms with van der Waals surface area (Å²) in [4.78, 5) is 27.6. The van der Waals surface area contributed by atoms with E-state index in [1.807, 2.05) is 30.3 Å². The van der Waals surface area contributed by atoms with Gasteiger partial charge in [0.1, 0.15) is 29.1 Å². The normalized spacial score (nSPS) is 26.8. The summed E-state index contributed by atoms with van der Waals surface area (Å²) in [6, 6.07) is 13.8. The molecule has 1 spiro atoms. The van der Waals surface area contributed by atoms with Crippen molar-refractivity contribution in [2.45, 2.75) is 17.7 Å². The Morgan fingerprint density at radius 2 is 1.78 bits per heavy atom. The van der Waals surface area contributed by atoms with Crippen LogP contribution in [0.25, 0.3) is 5.69 Å². The molecule has 2 saturated heterocycles.